The summed E-state index contributed by atoms with van der Waals surface area (Å²) >= 11 is 0. The zero-order valence-electron chi connectivity index (χ0n) is 12.5. The molecule has 2 amide bonds. The lowest BCUT2D eigenvalue weighted by Gasteiger charge is -2.21. The molecule has 2 saturated carbocycles. The Bertz CT molecular complexity index is 318. The Hall–Kier alpha value is -1.06. The van der Waals surface area contributed by atoms with Gasteiger partial charge in [-0.25, -0.2) is 0 Å². The molecule has 0 bridgehead atoms. The van der Waals surface area contributed by atoms with Gasteiger partial charge in [0, 0.05) is 24.9 Å². The van der Waals surface area contributed by atoms with Gasteiger partial charge in [-0.05, 0) is 32.1 Å². The lowest BCUT2D eigenvalue weighted by atomic mass is 9.96. The zero-order valence-corrected chi connectivity index (χ0v) is 12.5. The van der Waals surface area contributed by atoms with E-state index >= 15 is 0 Å². The number of carbonyl (C=O) groups is 2. The Morgan fingerprint density at radius 2 is 1.55 bits per heavy atom. The van der Waals surface area contributed by atoms with E-state index in [0.717, 1.165) is 32.1 Å². The lowest BCUT2D eigenvalue weighted by molar-refractivity contribution is -0.124. The van der Waals surface area contributed by atoms with Crippen LogP contribution < -0.4 is 10.6 Å². The molecule has 0 aromatic rings. The minimum Gasteiger partial charge on any atom is -0.356 e. The average Bonchev–Trinajstić information content (AvgIpc) is 3.22. The van der Waals surface area contributed by atoms with Crippen LogP contribution in [-0.4, -0.2) is 24.4 Å². The second-order valence-electron chi connectivity index (χ2n) is 6.28. The largest absolute Gasteiger partial charge is 0.356 e. The van der Waals surface area contributed by atoms with Crippen molar-refractivity contribution in [2.75, 3.05) is 6.54 Å². The predicted molar refractivity (Wildman–Crippen MR) is 79.2 cm³/mol. The summed E-state index contributed by atoms with van der Waals surface area (Å²) in [5.41, 5.74) is 0. The van der Waals surface area contributed by atoms with Gasteiger partial charge in [0.15, 0.2) is 0 Å². The van der Waals surface area contributed by atoms with Crippen molar-refractivity contribution in [3.63, 3.8) is 0 Å². The van der Waals surface area contributed by atoms with Crippen molar-refractivity contribution in [3.8, 4) is 0 Å². The second-order valence-corrected chi connectivity index (χ2v) is 6.28. The maximum Gasteiger partial charge on any atom is 0.223 e. The van der Waals surface area contributed by atoms with Crippen molar-refractivity contribution < 1.29 is 9.59 Å². The molecule has 2 fully saturated rings. The van der Waals surface area contributed by atoms with E-state index in [2.05, 4.69) is 10.6 Å². The number of rotatable bonds is 6. The number of carbonyl (C=O) groups excluding carboxylic acids is 2. The Balaban J connectivity index is 1.53. The van der Waals surface area contributed by atoms with Crippen LogP contribution in [0.5, 0.6) is 0 Å². The smallest absolute Gasteiger partial charge is 0.223 e. The third-order valence-corrected chi connectivity index (χ3v) is 4.30. The number of amides is 2. The molecule has 2 rings (SSSR count). The highest BCUT2D eigenvalue weighted by atomic mass is 16.2. The fourth-order valence-corrected chi connectivity index (χ4v) is 2.85. The highest BCUT2D eigenvalue weighted by Crippen LogP contribution is 2.28. The van der Waals surface area contributed by atoms with Crippen molar-refractivity contribution in [2.24, 2.45) is 5.92 Å². The van der Waals surface area contributed by atoms with Gasteiger partial charge >= 0.3 is 0 Å². The molecule has 0 spiro atoms. The van der Waals surface area contributed by atoms with Crippen molar-refractivity contribution in [1.29, 1.82) is 0 Å². The van der Waals surface area contributed by atoms with Gasteiger partial charge in [0.25, 0.3) is 0 Å². The maximum absolute atomic E-state index is 11.9. The Kier molecular flexibility index (Phi) is 6.34. The van der Waals surface area contributed by atoms with E-state index in [1.807, 2.05) is 0 Å². The molecule has 0 aliphatic heterocycles. The van der Waals surface area contributed by atoms with Gasteiger partial charge in [-0.3, -0.25) is 9.59 Å². The normalized spacial score (nSPS) is 20.8. The molecule has 2 aliphatic carbocycles. The van der Waals surface area contributed by atoms with Crippen molar-refractivity contribution in [1.82, 2.24) is 10.6 Å². The SMILES string of the molecule is O=C(CCCNC(=O)C1CC1)NC1CCCCCCC1. The van der Waals surface area contributed by atoms with E-state index in [1.165, 1.54) is 32.1 Å². The Morgan fingerprint density at radius 3 is 2.20 bits per heavy atom. The minimum absolute atomic E-state index is 0.149. The first kappa shape index (κ1) is 15.3. The molecule has 0 saturated heterocycles. The van der Waals surface area contributed by atoms with Gasteiger partial charge in [0.1, 0.15) is 0 Å². The van der Waals surface area contributed by atoms with Crippen LogP contribution in [0.1, 0.15) is 70.6 Å². The molecule has 0 radical (unpaired) electrons. The molecule has 4 heteroatoms. The summed E-state index contributed by atoms with van der Waals surface area (Å²) in [7, 11) is 0. The van der Waals surface area contributed by atoms with Crippen molar-refractivity contribution in [3.05, 3.63) is 0 Å². The summed E-state index contributed by atoms with van der Waals surface area (Å²) in [6.45, 7) is 0.632. The molecule has 0 aromatic carbocycles. The summed E-state index contributed by atoms with van der Waals surface area (Å²) in [5.74, 6) is 0.584. The summed E-state index contributed by atoms with van der Waals surface area (Å²) in [4.78, 5) is 23.3. The fraction of sp³-hybridized carbons (Fsp3) is 0.875. The standard InChI is InChI=1S/C16H28N2O2/c19-15(9-6-12-17-16(20)13-10-11-13)18-14-7-4-2-1-3-5-8-14/h13-14H,1-12H2,(H,17,20)(H,18,19). The van der Waals surface area contributed by atoms with Crippen LogP contribution in [0.15, 0.2) is 0 Å². The van der Waals surface area contributed by atoms with Crippen LogP contribution in [0.3, 0.4) is 0 Å². The molecule has 2 N–H and O–H groups in total. The van der Waals surface area contributed by atoms with Crippen molar-refractivity contribution in [2.45, 2.75) is 76.7 Å². The lowest BCUT2D eigenvalue weighted by Crippen LogP contribution is -2.35. The van der Waals surface area contributed by atoms with Gasteiger partial charge in [-0.1, -0.05) is 32.1 Å². The van der Waals surface area contributed by atoms with Gasteiger partial charge in [0.2, 0.25) is 11.8 Å². The summed E-state index contributed by atoms with van der Waals surface area (Å²) < 4.78 is 0. The van der Waals surface area contributed by atoms with Gasteiger partial charge in [0.05, 0.1) is 0 Å². The fourth-order valence-electron chi connectivity index (χ4n) is 2.85. The van der Waals surface area contributed by atoms with Crippen molar-refractivity contribution >= 4 is 11.8 Å². The third kappa shape index (κ3) is 5.93. The summed E-state index contributed by atoms with van der Waals surface area (Å²) in [5, 5.41) is 6.06. The van der Waals surface area contributed by atoms with E-state index < -0.39 is 0 Å². The van der Waals surface area contributed by atoms with Gasteiger partial charge < -0.3 is 10.6 Å². The van der Waals surface area contributed by atoms with Gasteiger partial charge in [-0.15, -0.1) is 0 Å². The molecule has 20 heavy (non-hydrogen) atoms. The number of hydrogen-bond acceptors (Lipinski definition) is 2. The number of hydrogen-bond donors (Lipinski definition) is 2. The van der Waals surface area contributed by atoms with Crippen LogP contribution in [0.4, 0.5) is 0 Å². The molecular formula is C16H28N2O2. The second kappa shape index (κ2) is 8.28. The van der Waals surface area contributed by atoms with E-state index in [4.69, 9.17) is 0 Å². The van der Waals surface area contributed by atoms with E-state index in [9.17, 15) is 9.59 Å². The summed E-state index contributed by atoms with van der Waals surface area (Å²) in [6, 6.07) is 0.379. The van der Waals surface area contributed by atoms with Gasteiger partial charge in [-0.2, -0.15) is 0 Å². The molecule has 0 heterocycles. The first-order chi connectivity index (χ1) is 9.75. The highest BCUT2D eigenvalue weighted by molar-refractivity contribution is 5.81. The van der Waals surface area contributed by atoms with E-state index in [-0.39, 0.29) is 17.7 Å². The van der Waals surface area contributed by atoms with Crippen LogP contribution in [0, 0.1) is 5.92 Å². The molecular weight excluding hydrogens is 252 g/mol. The van der Waals surface area contributed by atoms with Crippen LogP contribution in [-0.2, 0) is 9.59 Å². The molecule has 0 atom stereocenters. The summed E-state index contributed by atoms with van der Waals surface area (Å²) in [6.07, 6.45) is 12.0. The predicted octanol–water partition coefficient (Wildman–Crippen LogP) is 2.52. The van der Waals surface area contributed by atoms with Crippen LogP contribution in [0.25, 0.3) is 0 Å². The van der Waals surface area contributed by atoms with Crippen LogP contribution >= 0.6 is 0 Å². The maximum atomic E-state index is 11.9. The quantitative estimate of drug-likeness (QED) is 0.735. The average molecular weight is 280 g/mol. The highest BCUT2D eigenvalue weighted by Gasteiger charge is 2.29. The first-order valence-electron chi connectivity index (χ1n) is 8.33. The zero-order chi connectivity index (χ0) is 14.2. The number of nitrogens with one attached hydrogen (secondary N) is 2. The molecule has 0 aromatic heterocycles. The Morgan fingerprint density at radius 1 is 0.900 bits per heavy atom. The molecule has 4 nitrogen and oxygen atoms in total. The molecule has 0 unspecified atom stereocenters. The minimum atomic E-state index is 0.149. The van der Waals surface area contributed by atoms with E-state index in [0.29, 0.717) is 19.0 Å². The Labute approximate surface area is 122 Å². The topological polar surface area (TPSA) is 58.2 Å². The molecule has 114 valence electrons. The first-order valence-corrected chi connectivity index (χ1v) is 8.33. The van der Waals surface area contributed by atoms with E-state index in [1.54, 1.807) is 0 Å². The molecule has 2 aliphatic rings. The monoisotopic (exact) mass is 280 g/mol. The van der Waals surface area contributed by atoms with Crippen LogP contribution in [0.2, 0.25) is 0 Å². The third-order valence-electron chi connectivity index (χ3n) is 4.30.